The highest BCUT2D eigenvalue weighted by Crippen LogP contribution is 2.26. The Bertz CT molecular complexity index is 597. The fourth-order valence-corrected chi connectivity index (χ4v) is 2.57. The van der Waals surface area contributed by atoms with Crippen molar-refractivity contribution in [2.24, 2.45) is 0 Å². The first-order valence-corrected chi connectivity index (χ1v) is 6.16. The Morgan fingerprint density at radius 1 is 1.37 bits per heavy atom. The molecule has 6 nitrogen and oxygen atoms in total. The number of aromatic nitrogens is 1. The Morgan fingerprint density at radius 3 is 2.89 bits per heavy atom. The third-order valence-electron chi connectivity index (χ3n) is 3.49. The molecule has 1 atom stereocenters. The summed E-state index contributed by atoms with van der Waals surface area (Å²) >= 11 is 0. The molecule has 1 unspecified atom stereocenters. The number of carbonyl (C=O) groups excluding carboxylic acids is 3. The molecule has 1 aromatic heterocycles. The molecule has 0 saturated carbocycles. The summed E-state index contributed by atoms with van der Waals surface area (Å²) in [5.41, 5.74) is 2.24. The number of imide groups is 1. The van der Waals surface area contributed by atoms with Crippen LogP contribution in [0.3, 0.4) is 0 Å². The van der Waals surface area contributed by atoms with Crippen molar-refractivity contribution in [3.63, 3.8) is 0 Å². The lowest BCUT2D eigenvalue weighted by atomic mass is 10.0. The highest BCUT2D eigenvalue weighted by atomic mass is 16.2. The van der Waals surface area contributed by atoms with Gasteiger partial charge in [-0.05, 0) is 18.9 Å². The first-order valence-electron chi connectivity index (χ1n) is 6.16. The maximum absolute atomic E-state index is 12.2. The van der Waals surface area contributed by atoms with Gasteiger partial charge in [0.25, 0.3) is 5.91 Å². The molecular weight excluding hydrogens is 246 g/mol. The Hall–Kier alpha value is -2.24. The summed E-state index contributed by atoms with van der Waals surface area (Å²) in [5.74, 6) is -0.905. The number of hydrogen-bond donors (Lipinski definition) is 1. The van der Waals surface area contributed by atoms with Crippen LogP contribution in [-0.4, -0.2) is 33.6 Å². The van der Waals surface area contributed by atoms with Crippen LogP contribution in [0.2, 0.25) is 0 Å². The number of aryl methyl sites for hydroxylation is 1. The number of rotatable bonds is 1. The van der Waals surface area contributed by atoms with E-state index in [4.69, 9.17) is 0 Å². The molecule has 0 aliphatic carbocycles. The summed E-state index contributed by atoms with van der Waals surface area (Å²) < 4.78 is 0. The van der Waals surface area contributed by atoms with Crippen LogP contribution < -0.4 is 5.32 Å². The third kappa shape index (κ3) is 1.89. The Morgan fingerprint density at radius 2 is 2.16 bits per heavy atom. The largest absolute Gasteiger partial charge is 0.321 e. The number of hydrogen-bond acceptors (Lipinski definition) is 4. The number of piperidine rings is 1. The second-order valence-corrected chi connectivity index (χ2v) is 4.92. The highest BCUT2D eigenvalue weighted by molar-refractivity contribution is 6.04. The molecule has 1 N–H and O–H groups in total. The minimum atomic E-state index is -0.570. The number of nitrogens with zero attached hydrogens (tertiary/aromatic N) is 2. The Labute approximate surface area is 109 Å². The van der Waals surface area contributed by atoms with E-state index in [9.17, 15) is 14.4 Å². The molecule has 0 radical (unpaired) electrons. The normalized spacial score (nSPS) is 22.5. The maximum Gasteiger partial charge on any atom is 0.273 e. The quantitative estimate of drug-likeness (QED) is 0.728. The van der Waals surface area contributed by atoms with Gasteiger partial charge in [0.05, 0.1) is 0 Å². The van der Waals surface area contributed by atoms with Crippen molar-refractivity contribution in [2.75, 3.05) is 0 Å². The van der Waals surface area contributed by atoms with Crippen molar-refractivity contribution in [2.45, 2.75) is 32.4 Å². The fraction of sp³-hybridized carbons (Fsp3) is 0.385. The molecule has 3 heterocycles. The van der Waals surface area contributed by atoms with Crippen molar-refractivity contribution in [1.29, 1.82) is 0 Å². The summed E-state index contributed by atoms with van der Waals surface area (Å²) in [6, 6.07) is 1.34. The first-order chi connectivity index (χ1) is 9.06. The van der Waals surface area contributed by atoms with E-state index in [0.29, 0.717) is 18.7 Å². The van der Waals surface area contributed by atoms with E-state index in [1.54, 1.807) is 6.20 Å². The average molecular weight is 259 g/mol. The van der Waals surface area contributed by atoms with Gasteiger partial charge < -0.3 is 4.90 Å². The van der Waals surface area contributed by atoms with Crippen molar-refractivity contribution in [3.8, 4) is 0 Å². The molecular formula is C13H13N3O3. The lowest BCUT2D eigenvalue weighted by Gasteiger charge is -2.29. The van der Waals surface area contributed by atoms with E-state index in [2.05, 4.69) is 10.3 Å². The zero-order valence-electron chi connectivity index (χ0n) is 10.5. The van der Waals surface area contributed by atoms with Crippen LogP contribution in [0.15, 0.2) is 12.3 Å². The number of carbonyl (C=O) groups is 3. The van der Waals surface area contributed by atoms with Crippen molar-refractivity contribution >= 4 is 17.7 Å². The van der Waals surface area contributed by atoms with Crippen LogP contribution >= 0.6 is 0 Å². The number of amides is 3. The molecule has 3 amide bonds. The second kappa shape index (κ2) is 4.15. The minimum absolute atomic E-state index is 0.232. The van der Waals surface area contributed by atoms with Crippen molar-refractivity contribution < 1.29 is 14.4 Å². The van der Waals surface area contributed by atoms with Gasteiger partial charge in [0.2, 0.25) is 11.8 Å². The third-order valence-corrected chi connectivity index (χ3v) is 3.49. The molecule has 0 bridgehead atoms. The van der Waals surface area contributed by atoms with Gasteiger partial charge in [0.1, 0.15) is 11.7 Å². The van der Waals surface area contributed by atoms with Gasteiger partial charge in [0, 0.05) is 24.7 Å². The average Bonchev–Trinajstić information content (AvgIpc) is 2.66. The summed E-state index contributed by atoms with van der Waals surface area (Å²) in [6.07, 6.45) is 2.29. The van der Waals surface area contributed by atoms with Crippen LogP contribution in [0.1, 0.15) is 34.5 Å². The molecule has 3 rings (SSSR count). The minimum Gasteiger partial charge on any atom is -0.321 e. The van der Waals surface area contributed by atoms with E-state index in [-0.39, 0.29) is 18.2 Å². The van der Waals surface area contributed by atoms with E-state index < -0.39 is 11.9 Å². The molecule has 6 heteroatoms. The standard InChI is InChI=1S/C13H13N3O3/c1-7-4-8-6-16(13(19)11(8)14-5-7)9-2-3-10(17)15-12(9)18/h4-5,9H,2-3,6H2,1H3,(H,15,17,18). The van der Waals surface area contributed by atoms with Crippen LogP contribution in [-0.2, 0) is 16.1 Å². The number of nitrogens with one attached hydrogen (secondary N) is 1. The van der Waals surface area contributed by atoms with E-state index in [1.807, 2.05) is 13.0 Å². The van der Waals surface area contributed by atoms with Gasteiger partial charge in [-0.1, -0.05) is 6.07 Å². The topological polar surface area (TPSA) is 79.4 Å². The van der Waals surface area contributed by atoms with Gasteiger partial charge >= 0.3 is 0 Å². The fourth-order valence-electron chi connectivity index (χ4n) is 2.57. The van der Waals surface area contributed by atoms with Gasteiger partial charge in [-0.2, -0.15) is 0 Å². The Balaban J connectivity index is 1.87. The van der Waals surface area contributed by atoms with Crippen molar-refractivity contribution in [3.05, 3.63) is 29.1 Å². The second-order valence-electron chi connectivity index (χ2n) is 4.92. The smallest absolute Gasteiger partial charge is 0.273 e. The number of fused-ring (bicyclic) bond motifs is 1. The van der Waals surface area contributed by atoms with Crippen LogP contribution in [0.4, 0.5) is 0 Å². The predicted molar refractivity (Wildman–Crippen MR) is 65.0 cm³/mol. The van der Waals surface area contributed by atoms with Gasteiger partial charge in [-0.15, -0.1) is 0 Å². The summed E-state index contributed by atoms with van der Waals surface area (Å²) in [7, 11) is 0. The van der Waals surface area contributed by atoms with E-state index in [1.165, 1.54) is 4.90 Å². The molecule has 1 fully saturated rings. The summed E-state index contributed by atoms with van der Waals surface area (Å²) in [5, 5.41) is 2.27. The number of pyridine rings is 1. The molecule has 2 aliphatic heterocycles. The molecule has 2 aliphatic rings. The lowest BCUT2D eigenvalue weighted by molar-refractivity contribution is -0.136. The molecule has 0 spiro atoms. The van der Waals surface area contributed by atoms with E-state index in [0.717, 1.165) is 11.1 Å². The van der Waals surface area contributed by atoms with Gasteiger partial charge in [0.15, 0.2) is 0 Å². The lowest BCUT2D eigenvalue weighted by Crippen LogP contribution is -2.52. The molecule has 1 aromatic rings. The highest BCUT2D eigenvalue weighted by Gasteiger charge is 2.39. The summed E-state index contributed by atoms with van der Waals surface area (Å²) in [6.45, 7) is 2.29. The van der Waals surface area contributed by atoms with Gasteiger partial charge in [-0.25, -0.2) is 0 Å². The zero-order valence-corrected chi connectivity index (χ0v) is 10.5. The molecule has 98 valence electrons. The van der Waals surface area contributed by atoms with E-state index >= 15 is 0 Å². The monoisotopic (exact) mass is 259 g/mol. The Kier molecular flexibility index (Phi) is 2.58. The van der Waals surface area contributed by atoms with Crippen LogP contribution in [0.5, 0.6) is 0 Å². The molecule has 0 aromatic carbocycles. The zero-order chi connectivity index (χ0) is 13.6. The molecule has 19 heavy (non-hydrogen) atoms. The first kappa shape index (κ1) is 11.8. The predicted octanol–water partition coefficient (Wildman–Crippen LogP) is 0.151. The van der Waals surface area contributed by atoms with Crippen LogP contribution in [0, 0.1) is 6.92 Å². The van der Waals surface area contributed by atoms with Crippen LogP contribution in [0.25, 0.3) is 0 Å². The summed E-state index contributed by atoms with van der Waals surface area (Å²) in [4.78, 5) is 40.8. The SMILES string of the molecule is Cc1cnc2c(c1)CN(C1CCC(=O)NC1=O)C2=O. The molecule has 1 saturated heterocycles. The van der Waals surface area contributed by atoms with Crippen molar-refractivity contribution in [1.82, 2.24) is 15.2 Å². The van der Waals surface area contributed by atoms with Gasteiger partial charge in [-0.3, -0.25) is 24.7 Å². The maximum atomic E-state index is 12.2.